The lowest BCUT2D eigenvalue weighted by atomic mass is 10.1. The lowest BCUT2D eigenvalue weighted by Gasteiger charge is -2.24. The maximum atomic E-state index is 12.5. The Morgan fingerprint density at radius 1 is 1.00 bits per heavy atom. The number of hydrogen-bond acceptors (Lipinski definition) is 4. The summed E-state index contributed by atoms with van der Waals surface area (Å²) < 4.78 is 24.2. The summed E-state index contributed by atoms with van der Waals surface area (Å²) >= 11 is 1.44. The molecule has 2 aromatic carbocycles. The number of carbonyl (C=O) groups excluding carboxylic acids is 1. The molecule has 2 aromatic rings. The van der Waals surface area contributed by atoms with E-state index in [4.69, 9.17) is 0 Å². The second-order valence-corrected chi connectivity index (χ2v) is 10.5. The van der Waals surface area contributed by atoms with Gasteiger partial charge >= 0.3 is 0 Å². The van der Waals surface area contributed by atoms with Gasteiger partial charge in [-0.2, -0.15) is 4.99 Å². The van der Waals surface area contributed by atoms with Crippen LogP contribution in [0.25, 0.3) is 0 Å². The predicted octanol–water partition coefficient (Wildman–Crippen LogP) is 2.57. The molecule has 7 heteroatoms. The summed E-state index contributed by atoms with van der Waals surface area (Å²) in [7, 11) is -3.02. The number of amidine groups is 1. The largest absolute Gasteiger partial charge is 0.346 e. The van der Waals surface area contributed by atoms with Gasteiger partial charge in [0.2, 0.25) is 0 Å². The molecule has 1 amide bonds. The standard InChI is InChI=1S/C21H22N2O3S2/c24-20(13-17-9-5-2-6-10-17)22-21-23(12-11-16-7-3-1-4-8-16)18-14-28(25,26)15-19(18)27-21/h1-10,18-19H,11-15H2. The first-order valence-electron chi connectivity index (χ1n) is 9.33. The van der Waals surface area contributed by atoms with Crippen molar-refractivity contribution in [3.8, 4) is 0 Å². The molecule has 4 rings (SSSR count). The summed E-state index contributed by atoms with van der Waals surface area (Å²) in [5.41, 5.74) is 2.12. The van der Waals surface area contributed by atoms with Crippen molar-refractivity contribution in [3.05, 3.63) is 71.8 Å². The Kier molecular flexibility index (Phi) is 5.55. The van der Waals surface area contributed by atoms with E-state index >= 15 is 0 Å². The van der Waals surface area contributed by atoms with Crippen LogP contribution < -0.4 is 0 Å². The van der Waals surface area contributed by atoms with E-state index in [0.717, 1.165) is 12.0 Å². The van der Waals surface area contributed by atoms with Crippen molar-refractivity contribution < 1.29 is 13.2 Å². The highest BCUT2D eigenvalue weighted by Gasteiger charge is 2.48. The zero-order chi connectivity index (χ0) is 19.6. The van der Waals surface area contributed by atoms with Gasteiger partial charge in [-0.15, -0.1) is 0 Å². The van der Waals surface area contributed by atoms with Gasteiger partial charge in [0.15, 0.2) is 15.0 Å². The minimum atomic E-state index is -3.02. The number of thioether (sulfide) groups is 1. The maximum absolute atomic E-state index is 12.5. The molecular formula is C21H22N2O3S2. The molecule has 0 spiro atoms. The van der Waals surface area contributed by atoms with E-state index in [9.17, 15) is 13.2 Å². The van der Waals surface area contributed by atoms with Crippen molar-refractivity contribution in [2.24, 2.45) is 4.99 Å². The second-order valence-electron chi connectivity index (χ2n) is 7.18. The van der Waals surface area contributed by atoms with Crippen LogP contribution in [0.1, 0.15) is 11.1 Å². The predicted molar refractivity (Wildman–Crippen MR) is 113 cm³/mol. The van der Waals surface area contributed by atoms with Gasteiger partial charge < -0.3 is 4.90 Å². The number of fused-ring (bicyclic) bond motifs is 1. The van der Waals surface area contributed by atoms with Crippen LogP contribution in [0.4, 0.5) is 0 Å². The minimum absolute atomic E-state index is 0.0379. The summed E-state index contributed by atoms with van der Waals surface area (Å²) in [6.45, 7) is 0.658. The van der Waals surface area contributed by atoms with E-state index < -0.39 is 9.84 Å². The summed E-state index contributed by atoms with van der Waals surface area (Å²) in [6.07, 6.45) is 1.04. The molecule has 146 valence electrons. The average Bonchev–Trinajstić information content (AvgIpc) is 3.12. The van der Waals surface area contributed by atoms with E-state index in [1.165, 1.54) is 17.3 Å². The molecule has 2 heterocycles. The molecule has 28 heavy (non-hydrogen) atoms. The number of hydrogen-bond donors (Lipinski definition) is 0. The molecule has 0 aliphatic carbocycles. The molecule has 0 bridgehead atoms. The van der Waals surface area contributed by atoms with E-state index in [1.807, 2.05) is 53.4 Å². The van der Waals surface area contributed by atoms with Crippen LogP contribution >= 0.6 is 11.8 Å². The average molecular weight is 415 g/mol. The molecule has 0 aromatic heterocycles. The van der Waals surface area contributed by atoms with Crippen LogP contribution in [0.2, 0.25) is 0 Å². The fourth-order valence-electron chi connectivity index (χ4n) is 3.71. The molecule has 0 radical (unpaired) electrons. The molecule has 2 atom stereocenters. The Balaban J connectivity index is 1.51. The summed E-state index contributed by atoms with van der Waals surface area (Å²) in [5.74, 6) is 0.114. The Morgan fingerprint density at radius 2 is 1.64 bits per heavy atom. The second kappa shape index (κ2) is 8.09. The summed E-state index contributed by atoms with van der Waals surface area (Å²) in [4.78, 5) is 18.9. The normalized spacial score (nSPS) is 24.4. The monoisotopic (exact) mass is 414 g/mol. The van der Waals surface area contributed by atoms with Crippen molar-refractivity contribution in [1.82, 2.24) is 4.90 Å². The number of sulfone groups is 1. The number of carbonyl (C=O) groups is 1. The molecule has 2 fully saturated rings. The van der Waals surface area contributed by atoms with Crippen LogP contribution in [0, 0.1) is 0 Å². The SMILES string of the molecule is O=C(Cc1ccccc1)N=C1SC2CS(=O)(=O)CC2N1CCc1ccccc1. The fraction of sp³-hybridized carbons (Fsp3) is 0.333. The lowest BCUT2D eigenvalue weighted by molar-refractivity contribution is -0.117. The highest BCUT2D eigenvalue weighted by Crippen LogP contribution is 2.38. The van der Waals surface area contributed by atoms with Crippen LogP contribution in [0.3, 0.4) is 0 Å². The van der Waals surface area contributed by atoms with Gasteiger partial charge in [-0.25, -0.2) is 8.42 Å². The number of rotatable bonds is 5. The highest BCUT2D eigenvalue weighted by atomic mass is 32.2. The highest BCUT2D eigenvalue weighted by molar-refractivity contribution is 8.15. The van der Waals surface area contributed by atoms with Crippen LogP contribution in [-0.4, -0.2) is 53.7 Å². The minimum Gasteiger partial charge on any atom is -0.346 e. The zero-order valence-electron chi connectivity index (χ0n) is 15.4. The molecule has 0 saturated carbocycles. The third-order valence-corrected chi connectivity index (χ3v) is 8.33. The van der Waals surface area contributed by atoms with Crippen molar-refractivity contribution in [1.29, 1.82) is 0 Å². The van der Waals surface area contributed by atoms with Gasteiger partial charge in [0.05, 0.1) is 24.0 Å². The van der Waals surface area contributed by atoms with E-state index in [1.54, 1.807) is 0 Å². The Labute approximate surface area is 169 Å². The number of amides is 1. The van der Waals surface area contributed by atoms with Crippen LogP contribution in [-0.2, 0) is 27.5 Å². The van der Waals surface area contributed by atoms with Crippen molar-refractivity contribution >= 4 is 32.7 Å². The van der Waals surface area contributed by atoms with Crippen molar-refractivity contribution in [2.75, 3.05) is 18.1 Å². The molecule has 5 nitrogen and oxygen atoms in total. The van der Waals surface area contributed by atoms with Gasteiger partial charge in [0.1, 0.15) is 0 Å². The maximum Gasteiger partial charge on any atom is 0.252 e. The molecule has 2 saturated heterocycles. The number of nitrogens with zero attached hydrogens (tertiary/aromatic N) is 2. The Hall–Kier alpha value is -2.12. The van der Waals surface area contributed by atoms with Crippen molar-refractivity contribution in [3.63, 3.8) is 0 Å². The molecular weight excluding hydrogens is 392 g/mol. The summed E-state index contributed by atoms with van der Waals surface area (Å²) in [6, 6.07) is 19.5. The first-order chi connectivity index (χ1) is 13.5. The van der Waals surface area contributed by atoms with Gasteiger partial charge in [-0.1, -0.05) is 72.4 Å². The number of aliphatic imine (C=N–C) groups is 1. The zero-order valence-corrected chi connectivity index (χ0v) is 17.0. The van der Waals surface area contributed by atoms with E-state index in [2.05, 4.69) is 17.1 Å². The fourth-order valence-corrected chi connectivity index (χ4v) is 7.70. The summed E-state index contributed by atoms with van der Waals surface area (Å²) in [5, 5.41) is 0.630. The first-order valence-corrected chi connectivity index (χ1v) is 12.0. The number of benzene rings is 2. The van der Waals surface area contributed by atoms with Gasteiger partial charge in [0, 0.05) is 11.8 Å². The van der Waals surface area contributed by atoms with E-state index in [0.29, 0.717) is 11.7 Å². The van der Waals surface area contributed by atoms with Crippen LogP contribution in [0.15, 0.2) is 65.7 Å². The van der Waals surface area contributed by atoms with Crippen LogP contribution in [0.5, 0.6) is 0 Å². The van der Waals surface area contributed by atoms with Gasteiger partial charge in [-0.3, -0.25) is 4.79 Å². The van der Waals surface area contributed by atoms with Crippen molar-refractivity contribution in [2.45, 2.75) is 24.1 Å². The smallest absolute Gasteiger partial charge is 0.252 e. The quantitative estimate of drug-likeness (QED) is 0.752. The molecule has 2 aliphatic rings. The first kappa shape index (κ1) is 19.2. The molecule has 2 aliphatic heterocycles. The van der Waals surface area contributed by atoms with Gasteiger partial charge in [-0.05, 0) is 17.5 Å². The van der Waals surface area contributed by atoms with E-state index in [-0.39, 0.29) is 35.1 Å². The Bertz CT molecular complexity index is 975. The van der Waals surface area contributed by atoms with Gasteiger partial charge in [0.25, 0.3) is 5.91 Å². The Morgan fingerprint density at radius 3 is 2.32 bits per heavy atom. The third-order valence-electron chi connectivity index (χ3n) is 5.08. The third kappa shape index (κ3) is 4.47. The molecule has 0 N–H and O–H groups in total. The lowest BCUT2D eigenvalue weighted by Crippen LogP contribution is -2.39. The topological polar surface area (TPSA) is 66.8 Å². The molecule has 2 unspecified atom stereocenters.